The van der Waals surface area contributed by atoms with Gasteiger partial charge in [0.2, 0.25) is 0 Å². The van der Waals surface area contributed by atoms with Crippen LogP contribution in [0.1, 0.15) is 41.5 Å². The standard InChI is InChI=1S/C24H55N4O9P3/c1-8-32-38(29,33-9-2)22-26-16-14-25(7)15-17-27(23-39(30,34-10-3)35-11-4)19-21-28(20-18-26)24-40(31,36-12-5)37-13-6/h8-24H2,1-7H3. The van der Waals surface area contributed by atoms with Gasteiger partial charge in [-0.3, -0.25) is 28.4 Å². The Hall–Kier alpha value is 0.290. The van der Waals surface area contributed by atoms with Gasteiger partial charge in [-0.2, -0.15) is 0 Å². The second-order valence-electron chi connectivity index (χ2n) is 9.42. The molecule has 0 aromatic rings. The van der Waals surface area contributed by atoms with Crippen LogP contribution in [0.5, 0.6) is 0 Å². The summed E-state index contributed by atoms with van der Waals surface area (Å²) < 4.78 is 73.6. The van der Waals surface area contributed by atoms with E-state index in [2.05, 4.69) is 14.7 Å². The van der Waals surface area contributed by atoms with Crippen LogP contribution in [0.25, 0.3) is 0 Å². The van der Waals surface area contributed by atoms with Gasteiger partial charge in [-0.25, -0.2) is 0 Å². The summed E-state index contributed by atoms with van der Waals surface area (Å²) in [7, 11) is -7.93. The number of hydrogen-bond donors (Lipinski definition) is 0. The third-order valence-corrected chi connectivity index (χ3v) is 12.3. The van der Waals surface area contributed by atoms with Crippen LogP contribution in [0, 0.1) is 0 Å². The molecule has 1 aliphatic heterocycles. The van der Waals surface area contributed by atoms with E-state index in [0.29, 0.717) is 65.7 Å². The van der Waals surface area contributed by atoms with Gasteiger partial charge in [0, 0.05) is 52.4 Å². The number of hydrogen-bond acceptors (Lipinski definition) is 13. The summed E-state index contributed by atoms with van der Waals surface area (Å²) in [5, 5.41) is 0. The summed E-state index contributed by atoms with van der Waals surface area (Å²) >= 11 is 0. The van der Waals surface area contributed by atoms with Crippen LogP contribution in [0.15, 0.2) is 0 Å². The average Bonchev–Trinajstić information content (AvgIpc) is 2.87. The molecule has 0 amide bonds. The predicted molar refractivity (Wildman–Crippen MR) is 159 cm³/mol. The molecule has 0 saturated carbocycles. The molecule has 0 aromatic heterocycles. The molecule has 16 heteroatoms. The molecule has 1 saturated heterocycles. The Morgan fingerprint density at radius 3 is 0.825 bits per heavy atom. The van der Waals surface area contributed by atoms with Crippen LogP contribution in [-0.4, -0.2) is 138 Å². The number of nitrogens with zero attached hydrogens (tertiary/aromatic N) is 4. The van der Waals surface area contributed by atoms with Crippen molar-refractivity contribution in [3.63, 3.8) is 0 Å². The van der Waals surface area contributed by atoms with Gasteiger partial charge in [-0.1, -0.05) is 0 Å². The molecular formula is C24H55N4O9P3. The van der Waals surface area contributed by atoms with Gasteiger partial charge >= 0.3 is 22.8 Å². The molecule has 1 rings (SSSR count). The molecule has 0 aromatic carbocycles. The smallest absolute Gasteiger partial charge is 0.308 e. The molecule has 240 valence electrons. The Morgan fingerprint density at radius 1 is 0.425 bits per heavy atom. The fourth-order valence-corrected chi connectivity index (χ4v) is 9.73. The second kappa shape index (κ2) is 20.3. The van der Waals surface area contributed by atoms with Crippen molar-refractivity contribution in [2.24, 2.45) is 0 Å². The zero-order chi connectivity index (χ0) is 30.1. The lowest BCUT2D eigenvalue weighted by molar-refractivity contribution is 0.138. The molecule has 0 aliphatic carbocycles. The Balaban J connectivity index is 3.22. The Kier molecular flexibility index (Phi) is 19.4. The van der Waals surface area contributed by atoms with Crippen LogP contribution in [0.2, 0.25) is 0 Å². The Bertz CT molecular complexity index is 748. The van der Waals surface area contributed by atoms with Crippen molar-refractivity contribution >= 4 is 22.8 Å². The molecule has 0 bridgehead atoms. The van der Waals surface area contributed by atoms with Gasteiger partial charge in [0.15, 0.2) is 0 Å². The largest absolute Gasteiger partial charge is 0.344 e. The average molecular weight is 637 g/mol. The lowest BCUT2D eigenvalue weighted by Crippen LogP contribution is -2.46. The Morgan fingerprint density at radius 2 is 0.625 bits per heavy atom. The first-order valence-electron chi connectivity index (χ1n) is 14.5. The van der Waals surface area contributed by atoms with E-state index in [1.165, 1.54) is 0 Å². The SMILES string of the molecule is CCOP(=O)(CN1CCN(C)CCN(CP(=O)(OCC)OCC)CCN(CP(=O)(OCC)OCC)CC1)OCC. The fourth-order valence-electron chi connectivity index (χ4n) is 4.33. The first-order chi connectivity index (χ1) is 19.0. The van der Waals surface area contributed by atoms with Crippen LogP contribution in [-0.2, 0) is 40.8 Å². The highest BCUT2D eigenvalue weighted by Gasteiger charge is 2.32. The van der Waals surface area contributed by atoms with Crippen molar-refractivity contribution in [3.8, 4) is 0 Å². The van der Waals surface area contributed by atoms with Gasteiger partial charge < -0.3 is 32.0 Å². The van der Waals surface area contributed by atoms with Gasteiger partial charge in [0.05, 0.1) is 39.6 Å². The fraction of sp³-hybridized carbons (Fsp3) is 1.00. The Labute approximate surface area is 242 Å². The van der Waals surface area contributed by atoms with E-state index >= 15 is 0 Å². The first kappa shape index (κ1) is 38.3. The number of likely N-dealkylation sites (N-methyl/N-ethyl adjacent to an activating group) is 1. The summed E-state index contributed by atoms with van der Waals surface area (Å²) in [6.45, 7) is 17.4. The maximum Gasteiger partial charge on any atom is 0.344 e. The van der Waals surface area contributed by atoms with Crippen molar-refractivity contribution < 1.29 is 40.8 Å². The summed E-state index contributed by atoms with van der Waals surface area (Å²) in [5.41, 5.74) is 0. The van der Waals surface area contributed by atoms with E-state index < -0.39 is 22.8 Å². The highest BCUT2D eigenvalue weighted by molar-refractivity contribution is 7.54. The second-order valence-corrected chi connectivity index (χ2v) is 15.5. The van der Waals surface area contributed by atoms with Crippen LogP contribution >= 0.6 is 22.8 Å². The molecule has 0 N–H and O–H groups in total. The zero-order valence-electron chi connectivity index (χ0n) is 25.8. The summed E-state index contributed by atoms with van der Waals surface area (Å²) in [5.74, 6) is 0. The third-order valence-electron chi connectivity index (χ3n) is 6.14. The van der Waals surface area contributed by atoms with Crippen LogP contribution < -0.4 is 0 Å². The van der Waals surface area contributed by atoms with Crippen molar-refractivity contribution in [1.29, 1.82) is 0 Å². The van der Waals surface area contributed by atoms with E-state index in [1.807, 2.05) is 11.9 Å². The molecule has 40 heavy (non-hydrogen) atoms. The van der Waals surface area contributed by atoms with Crippen molar-refractivity contribution in [2.75, 3.05) is 118 Å². The molecule has 0 spiro atoms. The van der Waals surface area contributed by atoms with Crippen molar-refractivity contribution in [2.45, 2.75) is 41.5 Å². The van der Waals surface area contributed by atoms with Gasteiger partial charge in [-0.05, 0) is 48.6 Å². The molecular weight excluding hydrogens is 581 g/mol. The van der Waals surface area contributed by atoms with Crippen LogP contribution in [0.3, 0.4) is 0 Å². The lowest BCUT2D eigenvalue weighted by atomic mass is 10.4. The summed E-state index contributed by atoms with van der Waals surface area (Å²) in [6.07, 6.45) is 0.450. The van der Waals surface area contributed by atoms with E-state index in [1.54, 1.807) is 41.5 Å². The topological polar surface area (TPSA) is 120 Å². The highest BCUT2D eigenvalue weighted by Crippen LogP contribution is 2.50. The van der Waals surface area contributed by atoms with E-state index in [4.69, 9.17) is 27.1 Å². The van der Waals surface area contributed by atoms with E-state index in [0.717, 1.165) is 13.1 Å². The highest BCUT2D eigenvalue weighted by atomic mass is 31.2. The lowest BCUT2D eigenvalue weighted by Gasteiger charge is -2.35. The van der Waals surface area contributed by atoms with Gasteiger partial charge in [0.25, 0.3) is 0 Å². The maximum atomic E-state index is 13.5. The summed E-state index contributed by atoms with van der Waals surface area (Å²) in [4.78, 5) is 8.39. The van der Waals surface area contributed by atoms with E-state index in [-0.39, 0.29) is 32.1 Å². The van der Waals surface area contributed by atoms with Crippen molar-refractivity contribution in [1.82, 2.24) is 19.6 Å². The molecule has 0 atom stereocenters. The quantitative estimate of drug-likeness (QED) is 0.197. The van der Waals surface area contributed by atoms with Crippen molar-refractivity contribution in [3.05, 3.63) is 0 Å². The zero-order valence-corrected chi connectivity index (χ0v) is 28.5. The molecule has 13 nitrogen and oxygen atoms in total. The minimum atomic E-state index is -3.37. The predicted octanol–water partition coefficient (Wildman–Crippen LogP) is 4.51. The minimum absolute atomic E-state index is 0.111. The molecule has 1 heterocycles. The van der Waals surface area contributed by atoms with E-state index in [9.17, 15) is 13.7 Å². The van der Waals surface area contributed by atoms with Gasteiger partial charge in [0.1, 0.15) is 18.9 Å². The molecule has 0 unspecified atom stereocenters. The normalized spacial score (nSPS) is 19.0. The van der Waals surface area contributed by atoms with Gasteiger partial charge in [-0.15, -0.1) is 0 Å². The molecule has 0 radical (unpaired) electrons. The monoisotopic (exact) mass is 636 g/mol. The maximum absolute atomic E-state index is 13.5. The third kappa shape index (κ3) is 15.1. The minimum Gasteiger partial charge on any atom is -0.308 e. The molecule has 1 aliphatic rings. The summed E-state index contributed by atoms with van der Waals surface area (Å²) in [6, 6.07) is 0. The van der Waals surface area contributed by atoms with Crippen LogP contribution in [0.4, 0.5) is 0 Å². The first-order valence-corrected chi connectivity index (χ1v) is 19.7. The number of rotatable bonds is 18. The molecule has 1 fully saturated rings.